The first-order chi connectivity index (χ1) is 14.7. The van der Waals surface area contributed by atoms with Crippen LogP contribution < -0.4 is 15.4 Å². The van der Waals surface area contributed by atoms with Crippen molar-refractivity contribution in [3.63, 3.8) is 0 Å². The zero-order valence-electron chi connectivity index (χ0n) is 16.9. The summed E-state index contributed by atoms with van der Waals surface area (Å²) in [5.41, 5.74) is 0.455. The predicted molar refractivity (Wildman–Crippen MR) is 118 cm³/mol. The Hall–Kier alpha value is -2.91. The van der Waals surface area contributed by atoms with E-state index in [1.807, 2.05) is 30.3 Å². The highest BCUT2D eigenvalue weighted by molar-refractivity contribution is 7.13. The number of hydrogen-bond acceptors (Lipinski definition) is 7. The standard InChI is InChI=1S/C21H27N5O3S/c1-2-8-23-21-24-18(16-30-21)20(28)26-12-10-25(11-13-26)15-19(27)22-9-14-29-17-6-4-3-5-7-17/h2-7,16H,1,8-15H2,(H,22,27)(H,23,24). The van der Waals surface area contributed by atoms with Crippen molar-refractivity contribution in [2.45, 2.75) is 0 Å². The third-order valence-electron chi connectivity index (χ3n) is 4.58. The number of para-hydroxylation sites is 1. The predicted octanol–water partition coefficient (Wildman–Crippen LogP) is 1.69. The second kappa shape index (κ2) is 11.3. The molecule has 9 heteroatoms. The minimum absolute atomic E-state index is 0.0381. The van der Waals surface area contributed by atoms with Gasteiger partial charge in [0.05, 0.1) is 13.1 Å². The van der Waals surface area contributed by atoms with Crippen molar-refractivity contribution < 1.29 is 14.3 Å². The summed E-state index contributed by atoms with van der Waals surface area (Å²) >= 11 is 1.41. The minimum atomic E-state index is -0.0694. The maximum absolute atomic E-state index is 12.6. The molecule has 2 N–H and O–H groups in total. The van der Waals surface area contributed by atoms with Crippen LogP contribution in [0.2, 0.25) is 0 Å². The molecule has 3 rings (SSSR count). The lowest BCUT2D eigenvalue weighted by molar-refractivity contribution is -0.122. The summed E-state index contributed by atoms with van der Waals surface area (Å²) in [6.07, 6.45) is 1.74. The fourth-order valence-electron chi connectivity index (χ4n) is 3.02. The Balaban J connectivity index is 1.33. The Kier molecular flexibility index (Phi) is 8.22. The van der Waals surface area contributed by atoms with Crippen LogP contribution in [-0.4, -0.2) is 79.0 Å². The van der Waals surface area contributed by atoms with Gasteiger partial charge in [0, 0.05) is 38.1 Å². The second-order valence-corrected chi connectivity index (χ2v) is 7.65. The molecule has 30 heavy (non-hydrogen) atoms. The van der Waals surface area contributed by atoms with Crippen molar-refractivity contribution in [2.75, 3.05) is 57.7 Å². The highest BCUT2D eigenvalue weighted by Gasteiger charge is 2.24. The van der Waals surface area contributed by atoms with E-state index in [-0.39, 0.29) is 11.8 Å². The average molecular weight is 430 g/mol. The lowest BCUT2D eigenvalue weighted by Crippen LogP contribution is -2.51. The molecule has 2 heterocycles. The van der Waals surface area contributed by atoms with Crippen LogP contribution in [0.3, 0.4) is 0 Å². The smallest absolute Gasteiger partial charge is 0.273 e. The Morgan fingerprint density at radius 3 is 2.70 bits per heavy atom. The van der Waals surface area contributed by atoms with E-state index in [4.69, 9.17) is 4.74 Å². The largest absolute Gasteiger partial charge is 0.492 e. The number of thiazole rings is 1. The van der Waals surface area contributed by atoms with Crippen molar-refractivity contribution in [3.8, 4) is 5.75 Å². The van der Waals surface area contributed by atoms with E-state index in [9.17, 15) is 9.59 Å². The number of piperazine rings is 1. The van der Waals surface area contributed by atoms with E-state index in [1.165, 1.54) is 11.3 Å². The molecule has 1 fully saturated rings. The Morgan fingerprint density at radius 1 is 1.20 bits per heavy atom. The van der Waals surface area contributed by atoms with Gasteiger partial charge in [-0.3, -0.25) is 14.5 Å². The van der Waals surface area contributed by atoms with Crippen LogP contribution in [0.4, 0.5) is 5.13 Å². The van der Waals surface area contributed by atoms with E-state index in [0.717, 1.165) is 5.75 Å². The summed E-state index contributed by atoms with van der Waals surface area (Å²) in [4.78, 5) is 32.9. The molecule has 0 spiro atoms. The fourth-order valence-corrected chi connectivity index (χ4v) is 3.71. The van der Waals surface area contributed by atoms with Gasteiger partial charge in [-0.05, 0) is 12.1 Å². The monoisotopic (exact) mass is 429 g/mol. The van der Waals surface area contributed by atoms with Gasteiger partial charge < -0.3 is 20.3 Å². The van der Waals surface area contributed by atoms with Gasteiger partial charge in [-0.2, -0.15) is 0 Å². The molecule has 1 aliphatic rings. The molecule has 160 valence electrons. The number of rotatable bonds is 10. The highest BCUT2D eigenvalue weighted by Crippen LogP contribution is 2.17. The summed E-state index contributed by atoms with van der Waals surface area (Å²) in [7, 11) is 0. The molecule has 0 aliphatic carbocycles. The quantitative estimate of drug-likeness (QED) is 0.442. The van der Waals surface area contributed by atoms with Crippen LogP contribution in [-0.2, 0) is 4.79 Å². The Morgan fingerprint density at radius 2 is 1.97 bits per heavy atom. The first-order valence-corrected chi connectivity index (χ1v) is 10.8. The van der Waals surface area contributed by atoms with E-state index in [1.54, 1.807) is 16.4 Å². The number of benzene rings is 1. The number of nitrogens with one attached hydrogen (secondary N) is 2. The molecule has 0 radical (unpaired) electrons. The lowest BCUT2D eigenvalue weighted by Gasteiger charge is -2.33. The Bertz CT molecular complexity index is 834. The number of hydrogen-bond donors (Lipinski definition) is 2. The topological polar surface area (TPSA) is 86.8 Å². The zero-order chi connectivity index (χ0) is 21.2. The van der Waals surface area contributed by atoms with Crippen LogP contribution in [0, 0.1) is 0 Å². The van der Waals surface area contributed by atoms with Crippen LogP contribution in [0.5, 0.6) is 5.75 Å². The molecule has 2 amide bonds. The molecule has 0 atom stereocenters. The van der Waals surface area contributed by atoms with Gasteiger partial charge in [0.2, 0.25) is 5.91 Å². The van der Waals surface area contributed by atoms with Crippen LogP contribution >= 0.6 is 11.3 Å². The maximum atomic E-state index is 12.6. The summed E-state index contributed by atoms with van der Waals surface area (Å²) in [6, 6.07) is 9.51. The minimum Gasteiger partial charge on any atom is -0.492 e. The van der Waals surface area contributed by atoms with Gasteiger partial charge in [0.1, 0.15) is 18.1 Å². The molecule has 8 nitrogen and oxygen atoms in total. The van der Waals surface area contributed by atoms with Crippen molar-refractivity contribution >= 4 is 28.3 Å². The molecule has 1 saturated heterocycles. The number of ether oxygens (including phenoxy) is 1. The van der Waals surface area contributed by atoms with Gasteiger partial charge in [0.25, 0.3) is 5.91 Å². The first-order valence-electron chi connectivity index (χ1n) is 9.92. The number of amides is 2. The van der Waals surface area contributed by atoms with Crippen molar-refractivity contribution in [3.05, 3.63) is 54.1 Å². The van der Waals surface area contributed by atoms with E-state index in [0.29, 0.717) is 63.2 Å². The molecular formula is C21H27N5O3S. The van der Waals surface area contributed by atoms with Crippen molar-refractivity contribution in [2.24, 2.45) is 0 Å². The first kappa shape index (κ1) is 21.8. The lowest BCUT2D eigenvalue weighted by atomic mass is 10.3. The van der Waals surface area contributed by atoms with Crippen molar-refractivity contribution in [1.29, 1.82) is 0 Å². The van der Waals surface area contributed by atoms with Gasteiger partial charge >= 0.3 is 0 Å². The molecule has 1 aliphatic heterocycles. The summed E-state index contributed by atoms with van der Waals surface area (Å²) in [6.45, 7) is 7.94. The fraction of sp³-hybridized carbons (Fsp3) is 0.381. The van der Waals surface area contributed by atoms with Gasteiger partial charge in [-0.25, -0.2) is 4.98 Å². The summed E-state index contributed by atoms with van der Waals surface area (Å²) in [5, 5.41) is 8.44. The SMILES string of the molecule is C=CCNc1nc(C(=O)N2CCN(CC(=O)NCCOc3ccccc3)CC2)cs1. The molecular weight excluding hydrogens is 402 g/mol. The molecule has 1 aromatic carbocycles. The van der Waals surface area contributed by atoms with Gasteiger partial charge in [-0.15, -0.1) is 17.9 Å². The van der Waals surface area contributed by atoms with Crippen molar-refractivity contribution in [1.82, 2.24) is 20.1 Å². The average Bonchev–Trinajstić information content (AvgIpc) is 3.25. The highest BCUT2D eigenvalue weighted by atomic mass is 32.1. The maximum Gasteiger partial charge on any atom is 0.273 e. The van der Waals surface area contributed by atoms with E-state index in [2.05, 4.69) is 27.1 Å². The van der Waals surface area contributed by atoms with E-state index < -0.39 is 0 Å². The molecule has 1 aromatic heterocycles. The molecule has 0 unspecified atom stereocenters. The van der Waals surface area contributed by atoms with Gasteiger partial charge in [0.15, 0.2) is 5.13 Å². The molecule has 0 saturated carbocycles. The number of carbonyl (C=O) groups excluding carboxylic acids is 2. The van der Waals surface area contributed by atoms with Crippen LogP contribution in [0.25, 0.3) is 0 Å². The number of carbonyl (C=O) groups is 2. The third-order valence-corrected chi connectivity index (χ3v) is 5.38. The summed E-state index contributed by atoms with van der Waals surface area (Å²) < 4.78 is 5.57. The number of anilines is 1. The van der Waals surface area contributed by atoms with Crippen LogP contribution in [0.15, 0.2) is 48.4 Å². The molecule has 2 aromatic rings. The number of nitrogens with zero attached hydrogens (tertiary/aromatic N) is 3. The second-order valence-electron chi connectivity index (χ2n) is 6.79. The zero-order valence-corrected chi connectivity index (χ0v) is 17.7. The van der Waals surface area contributed by atoms with Crippen LogP contribution in [0.1, 0.15) is 10.5 Å². The van der Waals surface area contributed by atoms with E-state index >= 15 is 0 Å². The molecule has 0 bridgehead atoms. The summed E-state index contributed by atoms with van der Waals surface area (Å²) in [5.74, 6) is 0.681. The van der Waals surface area contributed by atoms with Gasteiger partial charge in [-0.1, -0.05) is 24.3 Å². The number of aromatic nitrogens is 1. The normalized spacial score (nSPS) is 14.2. The third kappa shape index (κ3) is 6.57. The Labute approximate surface area is 180 Å².